The number of likely N-dealkylation sites (tertiary alicyclic amines) is 1. The molecule has 0 spiro atoms. The molecule has 1 aliphatic rings. The van der Waals surface area contributed by atoms with E-state index in [1.54, 1.807) is 23.1 Å². The fourth-order valence-electron chi connectivity index (χ4n) is 3.41. The highest BCUT2D eigenvalue weighted by Crippen LogP contribution is 2.34. The molecule has 0 saturated carbocycles. The molecule has 0 aliphatic carbocycles. The fourth-order valence-corrected chi connectivity index (χ4v) is 3.41. The highest BCUT2D eigenvalue weighted by Gasteiger charge is 2.36. The number of aromatic nitrogens is 2. The van der Waals surface area contributed by atoms with Gasteiger partial charge in [0.25, 0.3) is 0 Å². The predicted octanol–water partition coefficient (Wildman–Crippen LogP) is 4.53. The molecule has 150 valence electrons. The van der Waals surface area contributed by atoms with Crippen LogP contribution in [0.1, 0.15) is 43.7 Å². The molecule has 2 aromatic carbocycles. The summed E-state index contributed by atoms with van der Waals surface area (Å²) in [5.74, 6) is 1.23. The summed E-state index contributed by atoms with van der Waals surface area (Å²) in [6, 6.07) is 13.6. The van der Waals surface area contributed by atoms with Crippen LogP contribution in [0.2, 0.25) is 0 Å². The highest BCUT2D eigenvalue weighted by molar-refractivity contribution is 5.78. The minimum absolute atomic E-state index is 0.0459. The van der Waals surface area contributed by atoms with Gasteiger partial charge in [-0.15, -0.1) is 0 Å². The molecular weight excluding hydrogens is 373 g/mol. The molecule has 7 heteroatoms. The molecular formula is C22H22FN3O3. The van der Waals surface area contributed by atoms with Gasteiger partial charge in [-0.2, -0.15) is 4.98 Å². The van der Waals surface area contributed by atoms with Crippen molar-refractivity contribution >= 4 is 5.91 Å². The standard InChI is InChI=1S/C22H22FN3O3/c1-2-13-28-17-9-7-15(8-10-17)21-24-22(29-25-21)19-11-12-20(27)26(19)14-16-5-3-4-6-18(16)23/h3-10,19H,2,11-14H2,1H3. The molecule has 0 radical (unpaired) electrons. The van der Waals surface area contributed by atoms with Gasteiger partial charge in [0.2, 0.25) is 17.6 Å². The maximum atomic E-state index is 14.0. The van der Waals surface area contributed by atoms with Gasteiger partial charge in [0, 0.05) is 24.1 Å². The number of ether oxygens (including phenoxy) is 1. The number of carbonyl (C=O) groups is 1. The fraction of sp³-hybridized carbons (Fsp3) is 0.318. The van der Waals surface area contributed by atoms with Crippen molar-refractivity contribution < 1.29 is 18.4 Å². The zero-order chi connectivity index (χ0) is 20.2. The third-order valence-corrected chi connectivity index (χ3v) is 4.94. The first kappa shape index (κ1) is 19.1. The SMILES string of the molecule is CCCOc1ccc(-c2noc(C3CCC(=O)N3Cc3ccccc3F)n2)cc1. The number of benzene rings is 2. The van der Waals surface area contributed by atoms with Crippen LogP contribution in [-0.2, 0) is 11.3 Å². The number of hydrogen-bond donors (Lipinski definition) is 0. The van der Waals surface area contributed by atoms with E-state index in [2.05, 4.69) is 17.1 Å². The topological polar surface area (TPSA) is 68.5 Å². The van der Waals surface area contributed by atoms with Gasteiger partial charge in [-0.25, -0.2) is 4.39 Å². The van der Waals surface area contributed by atoms with Crippen molar-refractivity contribution in [2.75, 3.05) is 6.61 Å². The quantitative estimate of drug-likeness (QED) is 0.588. The monoisotopic (exact) mass is 395 g/mol. The van der Waals surface area contributed by atoms with E-state index < -0.39 is 0 Å². The Morgan fingerprint density at radius 2 is 2.00 bits per heavy atom. The lowest BCUT2D eigenvalue weighted by Crippen LogP contribution is -2.27. The van der Waals surface area contributed by atoms with Gasteiger partial charge in [0.15, 0.2) is 0 Å². The lowest BCUT2D eigenvalue weighted by Gasteiger charge is -2.22. The summed E-state index contributed by atoms with van der Waals surface area (Å²) in [5.41, 5.74) is 1.27. The van der Waals surface area contributed by atoms with Crippen molar-refractivity contribution in [3.63, 3.8) is 0 Å². The average molecular weight is 395 g/mol. The smallest absolute Gasteiger partial charge is 0.249 e. The Hall–Kier alpha value is -3.22. The number of halogens is 1. The lowest BCUT2D eigenvalue weighted by molar-refractivity contribution is -0.130. The van der Waals surface area contributed by atoms with Crippen molar-refractivity contribution in [1.29, 1.82) is 0 Å². The third kappa shape index (κ3) is 4.13. The molecule has 2 heterocycles. The number of rotatable bonds is 7. The molecule has 3 aromatic rings. The summed E-state index contributed by atoms with van der Waals surface area (Å²) >= 11 is 0. The van der Waals surface area contributed by atoms with Gasteiger partial charge in [0.1, 0.15) is 17.6 Å². The Morgan fingerprint density at radius 1 is 1.21 bits per heavy atom. The summed E-state index contributed by atoms with van der Waals surface area (Å²) in [5, 5.41) is 4.07. The van der Waals surface area contributed by atoms with E-state index in [4.69, 9.17) is 9.26 Å². The first-order valence-corrected chi connectivity index (χ1v) is 9.75. The summed E-state index contributed by atoms with van der Waals surface area (Å²) < 4.78 is 25.1. The van der Waals surface area contributed by atoms with Gasteiger partial charge >= 0.3 is 0 Å². The second-order valence-electron chi connectivity index (χ2n) is 7.00. The Balaban J connectivity index is 1.52. The maximum Gasteiger partial charge on any atom is 0.249 e. The van der Waals surface area contributed by atoms with Crippen molar-refractivity contribution in [2.24, 2.45) is 0 Å². The molecule has 1 fully saturated rings. The summed E-state index contributed by atoms with van der Waals surface area (Å²) in [4.78, 5) is 18.5. The molecule has 1 aromatic heterocycles. The van der Waals surface area contributed by atoms with Crippen molar-refractivity contribution in [3.05, 3.63) is 65.8 Å². The van der Waals surface area contributed by atoms with Gasteiger partial charge in [-0.3, -0.25) is 4.79 Å². The Labute approximate surface area is 168 Å². The van der Waals surface area contributed by atoms with Gasteiger partial charge in [0.05, 0.1) is 6.61 Å². The van der Waals surface area contributed by atoms with Crippen LogP contribution in [0.5, 0.6) is 5.75 Å². The van der Waals surface area contributed by atoms with E-state index in [0.29, 0.717) is 36.7 Å². The zero-order valence-electron chi connectivity index (χ0n) is 16.2. The van der Waals surface area contributed by atoms with E-state index >= 15 is 0 Å². The van der Waals surface area contributed by atoms with E-state index in [0.717, 1.165) is 17.7 Å². The Kier molecular flexibility index (Phi) is 5.55. The molecule has 1 aliphatic heterocycles. The largest absolute Gasteiger partial charge is 0.494 e. The van der Waals surface area contributed by atoms with Crippen molar-refractivity contribution in [1.82, 2.24) is 15.0 Å². The third-order valence-electron chi connectivity index (χ3n) is 4.94. The minimum Gasteiger partial charge on any atom is -0.494 e. The number of amides is 1. The molecule has 4 rings (SSSR count). The first-order chi connectivity index (χ1) is 14.2. The van der Waals surface area contributed by atoms with E-state index in [9.17, 15) is 9.18 Å². The molecule has 1 saturated heterocycles. The Morgan fingerprint density at radius 3 is 2.76 bits per heavy atom. The van der Waals surface area contributed by atoms with E-state index in [-0.39, 0.29) is 24.3 Å². The lowest BCUT2D eigenvalue weighted by atomic mass is 10.1. The van der Waals surface area contributed by atoms with Crippen LogP contribution in [0.3, 0.4) is 0 Å². The minimum atomic E-state index is -0.351. The van der Waals surface area contributed by atoms with Crippen LogP contribution in [0.15, 0.2) is 53.1 Å². The Bertz CT molecular complexity index is 987. The highest BCUT2D eigenvalue weighted by atomic mass is 19.1. The van der Waals surface area contributed by atoms with E-state index in [1.165, 1.54) is 6.07 Å². The van der Waals surface area contributed by atoms with Crippen molar-refractivity contribution in [2.45, 2.75) is 38.8 Å². The van der Waals surface area contributed by atoms with Crippen LogP contribution in [0, 0.1) is 5.82 Å². The first-order valence-electron chi connectivity index (χ1n) is 9.75. The van der Waals surface area contributed by atoms with Crippen LogP contribution < -0.4 is 4.74 Å². The summed E-state index contributed by atoms with van der Waals surface area (Å²) in [6.07, 6.45) is 1.89. The number of hydrogen-bond acceptors (Lipinski definition) is 5. The molecule has 1 amide bonds. The summed E-state index contributed by atoms with van der Waals surface area (Å²) in [7, 11) is 0. The number of carbonyl (C=O) groups excluding carboxylic acids is 1. The zero-order valence-corrected chi connectivity index (χ0v) is 16.2. The molecule has 29 heavy (non-hydrogen) atoms. The molecule has 1 atom stereocenters. The van der Waals surface area contributed by atoms with Crippen LogP contribution >= 0.6 is 0 Å². The molecule has 6 nitrogen and oxygen atoms in total. The van der Waals surface area contributed by atoms with Crippen LogP contribution in [0.25, 0.3) is 11.4 Å². The van der Waals surface area contributed by atoms with Gasteiger partial charge < -0.3 is 14.2 Å². The molecule has 0 bridgehead atoms. The van der Waals surface area contributed by atoms with Crippen LogP contribution in [-0.4, -0.2) is 27.6 Å². The predicted molar refractivity (Wildman–Crippen MR) is 104 cm³/mol. The van der Waals surface area contributed by atoms with Gasteiger partial charge in [-0.05, 0) is 43.2 Å². The number of nitrogens with zero attached hydrogens (tertiary/aromatic N) is 3. The van der Waals surface area contributed by atoms with Crippen LogP contribution in [0.4, 0.5) is 4.39 Å². The average Bonchev–Trinajstić information content (AvgIpc) is 3.36. The molecule has 1 unspecified atom stereocenters. The van der Waals surface area contributed by atoms with Gasteiger partial charge in [-0.1, -0.05) is 30.3 Å². The van der Waals surface area contributed by atoms with E-state index in [1.807, 2.05) is 24.3 Å². The second kappa shape index (κ2) is 8.43. The molecule has 0 N–H and O–H groups in total. The summed E-state index contributed by atoms with van der Waals surface area (Å²) in [6.45, 7) is 2.90. The second-order valence-corrected chi connectivity index (χ2v) is 7.00. The maximum absolute atomic E-state index is 14.0. The van der Waals surface area contributed by atoms with Crippen molar-refractivity contribution in [3.8, 4) is 17.1 Å². The normalized spacial score (nSPS) is 16.4.